The first kappa shape index (κ1) is 28.6. The molecule has 1 saturated heterocycles. The second-order valence-corrected chi connectivity index (χ2v) is 9.61. The third kappa shape index (κ3) is 7.07. The number of carbonyl (C=O) groups is 2. The van der Waals surface area contributed by atoms with Gasteiger partial charge in [0.25, 0.3) is 0 Å². The number of benzene rings is 1. The Morgan fingerprint density at radius 1 is 1.32 bits per heavy atom. The summed E-state index contributed by atoms with van der Waals surface area (Å²) in [6.45, 7) is 2.38. The average Bonchev–Trinajstić information content (AvgIpc) is 3.29. The number of carboxylic acids is 1. The quantitative estimate of drug-likeness (QED) is 0.206. The number of halogens is 1. The van der Waals surface area contributed by atoms with Gasteiger partial charge < -0.3 is 33.5 Å². The van der Waals surface area contributed by atoms with E-state index in [-0.39, 0.29) is 41.9 Å². The number of rotatable bonds is 13. The molecule has 0 unspecified atom stereocenters. The summed E-state index contributed by atoms with van der Waals surface area (Å²) in [5.41, 5.74) is -0.143. The van der Waals surface area contributed by atoms with Crippen LogP contribution in [0.5, 0.6) is 5.75 Å². The van der Waals surface area contributed by atoms with E-state index < -0.39 is 52.9 Å². The van der Waals surface area contributed by atoms with E-state index in [1.54, 1.807) is 4.72 Å². The van der Waals surface area contributed by atoms with Gasteiger partial charge in [-0.05, 0) is 23.6 Å². The molecule has 0 atom stereocenters. The number of nitrogens with zero attached hydrogens (tertiary/aromatic N) is 1. The van der Waals surface area contributed by atoms with Crippen LogP contribution in [0, 0.1) is 5.82 Å². The number of aryl methyl sites for hydroxylation is 1. The first-order chi connectivity index (χ1) is 17.6. The predicted molar refractivity (Wildman–Crippen MR) is 125 cm³/mol. The smallest absolute Gasteiger partial charge is 0.422 e. The topological polar surface area (TPSA) is 159 Å². The van der Waals surface area contributed by atoms with Crippen molar-refractivity contribution in [2.24, 2.45) is 0 Å². The maximum Gasteiger partial charge on any atom is 0.422 e. The van der Waals surface area contributed by atoms with E-state index >= 15 is 4.39 Å². The van der Waals surface area contributed by atoms with Gasteiger partial charge in [-0.3, -0.25) is 4.79 Å². The third-order valence-corrected chi connectivity index (χ3v) is 6.84. The van der Waals surface area contributed by atoms with Gasteiger partial charge in [0.15, 0.2) is 18.4 Å². The van der Waals surface area contributed by atoms with Gasteiger partial charge in [-0.1, -0.05) is 12.7 Å². The van der Waals surface area contributed by atoms with Crippen LogP contribution in [-0.2, 0) is 51.5 Å². The zero-order valence-corrected chi connectivity index (χ0v) is 21.0. The fourth-order valence-electron chi connectivity index (χ4n) is 3.93. The van der Waals surface area contributed by atoms with Crippen molar-refractivity contribution in [3.8, 4) is 5.75 Å². The maximum atomic E-state index is 16.1. The van der Waals surface area contributed by atoms with Crippen molar-refractivity contribution in [1.29, 1.82) is 0 Å². The van der Waals surface area contributed by atoms with E-state index in [0.717, 1.165) is 0 Å². The van der Waals surface area contributed by atoms with Crippen LogP contribution < -0.4 is 13.8 Å². The molecule has 2 N–H and O–H groups in total. The van der Waals surface area contributed by atoms with Crippen LogP contribution in [0.4, 0.5) is 14.9 Å². The van der Waals surface area contributed by atoms with Crippen molar-refractivity contribution in [1.82, 2.24) is 4.72 Å². The highest BCUT2D eigenvalue weighted by molar-refractivity contribution is 7.91. The van der Waals surface area contributed by atoms with Crippen molar-refractivity contribution in [2.75, 3.05) is 57.8 Å². The second-order valence-electron chi connectivity index (χ2n) is 8.02. The molecule has 206 valence electrons. The normalized spacial score (nSPS) is 16.2. The van der Waals surface area contributed by atoms with Crippen molar-refractivity contribution < 1.29 is 55.9 Å². The molecule has 3 rings (SSSR count). The molecule has 13 nitrogen and oxygen atoms in total. The van der Waals surface area contributed by atoms with Crippen molar-refractivity contribution >= 4 is 28.0 Å². The van der Waals surface area contributed by atoms with Gasteiger partial charge >= 0.3 is 22.3 Å². The maximum absolute atomic E-state index is 16.1. The summed E-state index contributed by atoms with van der Waals surface area (Å²) in [6, 6.07) is 1.41. The lowest BCUT2D eigenvalue weighted by Crippen LogP contribution is -2.47. The lowest BCUT2D eigenvalue weighted by molar-refractivity contribution is -0.164. The van der Waals surface area contributed by atoms with Gasteiger partial charge in [-0.25, -0.2) is 18.2 Å². The largest absolute Gasteiger partial charge is 0.480 e. The van der Waals surface area contributed by atoms with Crippen LogP contribution in [0.25, 0.3) is 0 Å². The highest BCUT2D eigenvalue weighted by atomic mass is 32.2. The Morgan fingerprint density at radius 3 is 2.70 bits per heavy atom. The zero-order valence-electron chi connectivity index (χ0n) is 20.2. The number of amides is 1. The summed E-state index contributed by atoms with van der Waals surface area (Å²) in [4.78, 5) is 23.6. The Balaban J connectivity index is 2.05. The molecule has 0 saturated carbocycles. The summed E-state index contributed by atoms with van der Waals surface area (Å²) in [6.07, 6.45) is 0.497. The zero-order chi connectivity index (χ0) is 27.1. The SMILES string of the molecule is C=CCOC(=O)NS(=O)(=O)N(CC(=O)O)c1c(OCOCCOC)cc2c(c1F)CC1(CC2)OCCO1. The number of carboxylic acid groups (broad SMARTS) is 1. The molecule has 1 aromatic carbocycles. The molecular weight excluding hydrogens is 519 g/mol. The monoisotopic (exact) mass is 548 g/mol. The van der Waals surface area contributed by atoms with Crippen LogP contribution in [0.3, 0.4) is 0 Å². The molecule has 15 heteroatoms. The third-order valence-electron chi connectivity index (χ3n) is 5.53. The number of aliphatic carboxylic acids is 1. The summed E-state index contributed by atoms with van der Waals surface area (Å²) >= 11 is 0. The summed E-state index contributed by atoms with van der Waals surface area (Å²) in [5.74, 6) is -4.05. The highest BCUT2D eigenvalue weighted by Gasteiger charge is 2.43. The Hall–Kier alpha value is -2.98. The van der Waals surface area contributed by atoms with Crippen LogP contribution in [-0.4, -0.2) is 84.9 Å². The van der Waals surface area contributed by atoms with E-state index in [1.165, 1.54) is 19.3 Å². The average molecular weight is 549 g/mol. The molecule has 37 heavy (non-hydrogen) atoms. The van der Waals surface area contributed by atoms with Crippen molar-refractivity contribution in [2.45, 2.75) is 25.0 Å². The number of anilines is 1. The number of hydrogen-bond donors (Lipinski definition) is 2. The fourth-order valence-corrected chi connectivity index (χ4v) is 5.00. The van der Waals surface area contributed by atoms with Crippen LogP contribution in [0.1, 0.15) is 17.5 Å². The first-order valence-corrected chi connectivity index (χ1v) is 12.7. The van der Waals surface area contributed by atoms with Crippen molar-refractivity contribution in [3.63, 3.8) is 0 Å². The first-order valence-electron chi connectivity index (χ1n) is 11.2. The molecule has 0 radical (unpaired) electrons. The molecule has 1 spiro atoms. The van der Waals surface area contributed by atoms with E-state index in [1.807, 2.05) is 0 Å². The molecule has 1 aliphatic carbocycles. The number of hydrogen-bond acceptors (Lipinski definition) is 10. The second kappa shape index (κ2) is 12.5. The minimum absolute atomic E-state index is 0.0401. The summed E-state index contributed by atoms with van der Waals surface area (Å²) < 4.78 is 75.7. The molecule has 0 aromatic heterocycles. The Labute approximate surface area is 213 Å². The minimum Gasteiger partial charge on any atom is -0.480 e. The highest BCUT2D eigenvalue weighted by Crippen LogP contribution is 2.43. The van der Waals surface area contributed by atoms with Crippen molar-refractivity contribution in [3.05, 3.63) is 35.7 Å². The van der Waals surface area contributed by atoms with E-state index in [4.69, 9.17) is 23.7 Å². The number of nitrogens with one attached hydrogen (secondary N) is 1. The molecule has 1 heterocycles. The van der Waals surface area contributed by atoms with Crippen LogP contribution >= 0.6 is 0 Å². The van der Waals surface area contributed by atoms with Gasteiger partial charge in [-0.15, -0.1) is 0 Å². The molecule has 0 bridgehead atoms. The van der Waals surface area contributed by atoms with Crippen LogP contribution in [0.15, 0.2) is 18.7 Å². The van der Waals surface area contributed by atoms with Gasteiger partial charge in [0, 0.05) is 20.0 Å². The molecule has 2 aliphatic rings. The minimum atomic E-state index is -4.99. The molecular formula is C22H29FN2O11S. The van der Waals surface area contributed by atoms with Gasteiger partial charge in [0.1, 0.15) is 24.6 Å². The lowest BCUT2D eigenvalue weighted by Gasteiger charge is -2.34. The summed E-state index contributed by atoms with van der Waals surface area (Å²) in [7, 11) is -3.52. The van der Waals surface area contributed by atoms with Gasteiger partial charge in [-0.2, -0.15) is 8.42 Å². The molecule has 1 aliphatic heterocycles. The number of fused-ring (bicyclic) bond motifs is 1. The number of ether oxygens (including phenoxy) is 6. The number of carbonyl (C=O) groups excluding carboxylic acids is 1. The van der Waals surface area contributed by atoms with E-state index in [2.05, 4.69) is 11.3 Å². The molecule has 1 aromatic rings. The van der Waals surface area contributed by atoms with E-state index in [0.29, 0.717) is 31.6 Å². The Kier molecular flexibility index (Phi) is 9.67. The Morgan fingerprint density at radius 2 is 2.05 bits per heavy atom. The fraction of sp³-hybridized carbons (Fsp3) is 0.545. The molecule has 1 fully saturated rings. The standard InChI is InChI=1S/C22H29FN2O11S/c1-3-6-33-21(28)24-37(29,30)25(13-18(26)27)20-17(34-14-32-8-7-31-2)11-15-4-5-22(35-9-10-36-22)12-16(15)19(20)23/h3,11H,1,4-10,12-14H2,2H3,(H,24,28)(H,26,27). The van der Waals surface area contributed by atoms with E-state index in [9.17, 15) is 23.1 Å². The number of methoxy groups -OCH3 is 1. The Bertz CT molecular complexity index is 1110. The van der Waals surface area contributed by atoms with Gasteiger partial charge in [0.2, 0.25) is 0 Å². The van der Waals surface area contributed by atoms with Crippen LogP contribution in [0.2, 0.25) is 0 Å². The predicted octanol–water partition coefficient (Wildman–Crippen LogP) is 1.10. The molecule has 1 amide bonds. The summed E-state index contributed by atoms with van der Waals surface area (Å²) in [5, 5.41) is 9.44. The lowest BCUT2D eigenvalue weighted by atomic mass is 9.86. The van der Waals surface area contributed by atoms with Gasteiger partial charge in [0.05, 0.1) is 26.4 Å².